The predicted octanol–water partition coefficient (Wildman–Crippen LogP) is 2.30. The van der Waals surface area contributed by atoms with E-state index in [1.165, 1.54) is 11.3 Å². The molecule has 18 heavy (non-hydrogen) atoms. The summed E-state index contributed by atoms with van der Waals surface area (Å²) < 4.78 is 0. The van der Waals surface area contributed by atoms with Gasteiger partial charge in [0.15, 0.2) is 0 Å². The molecule has 0 amide bonds. The van der Waals surface area contributed by atoms with Crippen LogP contribution in [0.4, 0.5) is 5.69 Å². The summed E-state index contributed by atoms with van der Waals surface area (Å²) in [6.45, 7) is 5.95. The van der Waals surface area contributed by atoms with Gasteiger partial charge in [-0.25, -0.2) is 0 Å². The maximum atomic E-state index is 9.69. The molecule has 0 radical (unpaired) electrons. The van der Waals surface area contributed by atoms with Crippen molar-refractivity contribution in [3.63, 3.8) is 0 Å². The quantitative estimate of drug-likeness (QED) is 0.859. The Morgan fingerprint density at radius 1 is 1.44 bits per heavy atom. The van der Waals surface area contributed by atoms with Gasteiger partial charge in [0.2, 0.25) is 0 Å². The van der Waals surface area contributed by atoms with Crippen LogP contribution in [0.3, 0.4) is 0 Å². The van der Waals surface area contributed by atoms with Crippen LogP contribution < -0.4 is 10.6 Å². The molecule has 3 N–H and O–H groups in total. The first-order valence-electron chi connectivity index (χ1n) is 6.91. The van der Waals surface area contributed by atoms with Gasteiger partial charge in [0.05, 0.1) is 6.10 Å². The highest BCUT2D eigenvalue weighted by molar-refractivity contribution is 5.55. The summed E-state index contributed by atoms with van der Waals surface area (Å²) in [6, 6.07) is 8.49. The molecule has 0 bridgehead atoms. The van der Waals surface area contributed by atoms with E-state index in [0.29, 0.717) is 5.92 Å². The van der Waals surface area contributed by atoms with E-state index >= 15 is 0 Å². The van der Waals surface area contributed by atoms with Gasteiger partial charge in [-0.3, -0.25) is 0 Å². The second kappa shape index (κ2) is 5.72. The third-order valence-corrected chi connectivity index (χ3v) is 4.02. The molecule has 0 saturated carbocycles. The van der Waals surface area contributed by atoms with Crippen LogP contribution in [0.1, 0.15) is 38.3 Å². The number of hydrogen-bond donors (Lipinski definition) is 2. The first-order valence-corrected chi connectivity index (χ1v) is 6.91. The average molecular weight is 248 g/mol. The smallest absolute Gasteiger partial charge is 0.0557 e. The van der Waals surface area contributed by atoms with E-state index in [1.54, 1.807) is 0 Å². The Labute approximate surface area is 110 Å². The monoisotopic (exact) mass is 248 g/mol. The number of hydrogen-bond acceptors (Lipinski definition) is 3. The van der Waals surface area contributed by atoms with Crippen LogP contribution in [0.15, 0.2) is 24.3 Å². The molecule has 2 rings (SSSR count). The molecule has 1 aliphatic rings. The fourth-order valence-electron chi connectivity index (χ4n) is 2.71. The summed E-state index contributed by atoms with van der Waals surface area (Å²) in [5.41, 5.74) is 8.65. The van der Waals surface area contributed by atoms with Crippen molar-refractivity contribution in [2.75, 3.05) is 18.0 Å². The van der Waals surface area contributed by atoms with Crippen LogP contribution >= 0.6 is 0 Å². The molecular formula is C15H24N2O. The fourth-order valence-corrected chi connectivity index (χ4v) is 2.71. The van der Waals surface area contributed by atoms with Crippen LogP contribution in [0.2, 0.25) is 0 Å². The van der Waals surface area contributed by atoms with Gasteiger partial charge in [-0.15, -0.1) is 0 Å². The van der Waals surface area contributed by atoms with Gasteiger partial charge in [-0.2, -0.15) is 0 Å². The van der Waals surface area contributed by atoms with E-state index in [4.69, 9.17) is 5.73 Å². The van der Waals surface area contributed by atoms with E-state index in [2.05, 4.69) is 36.1 Å². The highest BCUT2D eigenvalue weighted by atomic mass is 16.3. The third kappa shape index (κ3) is 2.68. The number of nitrogens with two attached hydrogens (primary N) is 1. The Kier molecular flexibility index (Phi) is 4.25. The predicted molar refractivity (Wildman–Crippen MR) is 75.7 cm³/mol. The van der Waals surface area contributed by atoms with Crippen LogP contribution in [-0.2, 0) is 0 Å². The zero-order chi connectivity index (χ0) is 13.1. The first-order chi connectivity index (χ1) is 8.63. The van der Waals surface area contributed by atoms with Crippen molar-refractivity contribution in [3.05, 3.63) is 29.8 Å². The van der Waals surface area contributed by atoms with Gasteiger partial charge in [-0.1, -0.05) is 25.1 Å². The summed E-state index contributed by atoms with van der Waals surface area (Å²) in [5, 5.41) is 9.69. The molecule has 1 fully saturated rings. The van der Waals surface area contributed by atoms with E-state index in [-0.39, 0.29) is 12.1 Å². The maximum absolute atomic E-state index is 9.69. The molecule has 3 nitrogen and oxygen atoms in total. The average Bonchev–Trinajstić information content (AvgIpc) is 2.87. The molecule has 1 aliphatic heterocycles. The molecule has 1 saturated heterocycles. The van der Waals surface area contributed by atoms with E-state index in [0.717, 1.165) is 25.9 Å². The SMILES string of the molecule is CC[C@@H](N)c1ccccc1N1CCC(C(C)O)C1. The van der Waals surface area contributed by atoms with Crippen molar-refractivity contribution >= 4 is 5.69 Å². The second-order valence-corrected chi connectivity index (χ2v) is 5.31. The Hall–Kier alpha value is -1.06. The normalized spacial score (nSPS) is 23.1. The number of rotatable bonds is 4. The van der Waals surface area contributed by atoms with Crippen molar-refractivity contribution in [2.45, 2.75) is 38.8 Å². The van der Waals surface area contributed by atoms with E-state index in [1.807, 2.05) is 6.92 Å². The largest absolute Gasteiger partial charge is 0.393 e. The lowest BCUT2D eigenvalue weighted by Gasteiger charge is -2.25. The highest BCUT2D eigenvalue weighted by Gasteiger charge is 2.27. The van der Waals surface area contributed by atoms with Gasteiger partial charge in [0, 0.05) is 30.7 Å². The van der Waals surface area contributed by atoms with Crippen molar-refractivity contribution in [1.82, 2.24) is 0 Å². The van der Waals surface area contributed by atoms with E-state index in [9.17, 15) is 5.11 Å². The molecule has 3 heteroatoms. The first kappa shape index (κ1) is 13.4. The molecule has 0 aliphatic carbocycles. The highest BCUT2D eigenvalue weighted by Crippen LogP contribution is 2.31. The summed E-state index contributed by atoms with van der Waals surface area (Å²) in [6.07, 6.45) is 1.79. The summed E-state index contributed by atoms with van der Waals surface area (Å²) in [7, 11) is 0. The molecule has 1 heterocycles. The minimum absolute atomic E-state index is 0.104. The van der Waals surface area contributed by atoms with Crippen molar-refractivity contribution in [2.24, 2.45) is 11.7 Å². The molecular weight excluding hydrogens is 224 g/mol. The minimum atomic E-state index is -0.220. The van der Waals surface area contributed by atoms with Gasteiger partial charge < -0.3 is 15.7 Å². The third-order valence-electron chi connectivity index (χ3n) is 4.02. The molecule has 0 spiro atoms. The number of benzene rings is 1. The van der Waals surface area contributed by atoms with Crippen LogP contribution in [-0.4, -0.2) is 24.3 Å². The van der Waals surface area contributed by atoms with Crippen LogP contribution in [0, 0.1) is 5.92 Å². The maximum Gasteiger partial charge on any atom is 0.0557 e. The number of nitrogens with zero attached hydrogens (tertiary/aromatic N) is 1. The topological polar surface area (TPSA) is 49.5 Å². The van der Waals surface area contributed by atoms with Crippen LogP contribution in [0.5, 0.6) is 0 Å². The lowest BCUT2D eigenvalue weighted by Crippen LogP contribution is -2.25. The van der Waals surface area contributed by atoms with Gasteiger partial charge in [-0.05, 0) is 31.4 Å². The standard InChI is InChI=1S/C15H24N2O/c1-3-14(16)13-6-4-5-7-15(13)17-9-8-12(10-17)11(2)18/h4-7,11-12,14,18H,3,8-10,16H2,1-2H3/t11?,12?,14-/m1/s1. The molecule has 0 aromatic heterocycles. The van der Waals surface area contributed by atoms with E-state index < -0.39 is 0 Å². The van der Waals surface area contributed by atoms with Gasteiger partial charge >= 0.3 is 0 Å². The molecule has 1 aromatic rings. The number of para-hydroxylation sites is 1. The van der Waals surface area contributed by atoms with Crippen LogP contribution in [0.25, 0.3) is 0 Å². The fraction of sp³-hybridized carbons (Fsp3) is 0.600. The summed E-state index contributed by atoms with van der Waals surface area (Å²) in [4.78, 5) is 2.36. The van der Waals surface area contributed by atoms with Gasteiger partial charge in [0.1, 0.15) is 0 Å². The summed E-state index contributed by atoms with van der Waals surface area (Å²) >= 11 is 0. The summed E-state index contributed by atoms with van der Waals surface area (Å²) in [5.74, 6) is 0.385. The molecule has 1 aromatic carbocycles. The Balaban J connectivity index is 2.19. The van der Waals surface area contributed by atoms with Crippen molar-refractivity contribution in [1.29, 1.82) is 0 Å². The van der Waals surface area contributed by atoms with Gasteiger partial charge in [0.25, 0.3) is 0 Å². The van der Waals surface area contributed by atoms with Crippen molar-refractivity contribution < 1.29 is 5.11 Å². The zero-order valence-electron chi connectivity index (χ0n) is 11.3. The number of aliphatic hydroxyl groups is 1. The van der Waals surface area contributed by atoms with Crippen molar-refractivity contribution in [3.8, 4) is 0 Å². The Bertz CT molecular complexity index is 392. The molecule has 100 valence electrons. The molecule has 2 unspecified atom stereocenters. The zero-order valence-corrected chi connectivity index (χ0v) is 11.3. The lowest BCUT2D eigenvalue weighted by molar-refractivity contribution is 0.136. The number of aliphatic hydroxyl groups excluding tert-OH is 1. The minimum Gasteiger partial charge on any atom is -0.393 e. The lowest BCUT2D eigenvalue weighted by atomic mass is 10.0. The Morgan fingerprint density at radius 3 is 2.78 bits per heavy atom. The molecule has 3 atom stereocenters. The number of anilines is 1. The second-order valence-electron chi connectivity index (χ2n) is 5.31. The Morgan fingerprint density at radius 2 is 2.17 bits per heavy atom.